The average Bonchev–Trinajstić information content (AvgIpc) is 3.02. The molecule has 2 aliphatic rings. The summed E-state index contributed by atoms with van der Waals surface area (Å²) in [5.74, 6) is 1.80. The van der Waals surface area contributed by atoms with Gasteiger partial charge in [-0.25, -0.2) is 14.8 Å². The molecule has 150 valence electrons. The fourth-order valence-corrected chi connectivity index (χ4v) is 4.10. The molecule has 3 heterocycles. The molecule has 1 fully saturated rings. The fourth-order valence-electron chi connectivity index (χ4n) is 4.10. The number of anilines is 2. The monoisotopic (exact) mass is 390 g/mol. The summed E-state index contributed by atoms with van der Waals surface area (Å²) in [6, 6.07) is 8.92. The number of carbonyl (C=O) groups excluding carboxylic acids is 1. The number of benzene rings is 1. The summed E-state index contributed by atoms with van der Waals surface area (Å²) in [6.07, 6.45) is 5.61. The first kappa shape index (κ1) is 19.2. The number of aryl methyl sites for hydroxylation is 1. The Bertz CT molecular complexity index is 943. The molecule has 1 N–H and O–H groups in total. The zero-order valence-corrected chi connectivity index (χ0v) is 16.8. The summed E-state index contributed by atoms with van der Waals surface area (Å²) in [5.41, 5.74) is 3.30. The van der Waals surface area contributed by atoms with Gasteiger partial charge in [0.25, 0.3) is 0 Å². The summed E-state index contributed by atoms with van der Waals surface area (Å²) >= 11 is 0. The van der Waals surface area contributed by atoms with E-state index in [1.807, 2.05) is 6.92 Å². The summed E-state index contributed by atoms with van der Waals surface area (Å²) < 4.78 is 0. The van der Waals surface area contributed by atoms with E-state index in [9.17, 15) is 4.79 Å². The summed E-state index contributed by atoms with van der Waals surface area (Å²) in [5, 5.41) is 12.0. The number of amides is 2. The third-order valence-electron chi connectivity index (χ3n) is 5.59. The zero-order chi connectivity index (χ0) is 20.2. The van der Waals surface area contributed by atoms with E-state index < -0.39 is 0 Å². The van der Waals surface area contributed by atoms with Crippen LogP contribution in [0.5, 0.6) is 0 Å². The molecule has 0 saturated carbocycles. The van der Waals surface area contributed by atoms with E-state index in [1.165, 1.54) is 25.7 Å². The molecule has 1 saturated heterocycles. The third kappa shape index (κ3) is 4.32. The number of nitrogens with zero attached hydrogens (tertiary/aromatic N) is 5. The van der Waals surface area contributed by atoms with Crippen molar-refractivity contribution in [1.82, 2.24) is 14.9 Å². The van der Waals surface area contributed by atoms with Crippen LogP contribution in [0.15, 0.2) is 24.3 Å². The maximum absolute atomic E-state index is 12.9. The van der Waals surface area contributed by atoms with Gasteiger partial charge in [0, 0.05) is 37.3 Å². The number of urea groups is 1. The second kappa shape index (κ2) is 8.48. The number of hydrogen-bond acceptors (Lipinski definition) is 5. The van der Waals surface area contributed by atoms with Gasteiger partial charge in [-0.3, -0.25) is 0 Å². The molecule has 0 spiro atoms. The Labute approximate surface area is 171 Å². The van der Waals surface area contributed by atoms with Crippen molar-refractivity contribution < 1.29 is 4.79 Å². The van der Waals surface area contributed by atoms with Crippen molar-refractivity contribution in [2.75, 3.05) is 29.9 Å². The van der Waals surface area contributed by atoms with Crippen LogP contribution in [0.2, 0.25) is 0 Å². The predicted molar refractivity (Wildman–Crippen MR) is 112 cm³/mol. The predicted octanol–water partition coefficient (Wildman–Crippen LogP) is 3.63. The molecular formula is C22H26N6O. The van der Waals surface area contributed by atoms with Gasteiger partial charge in [0.15, 0.2) is 0 Å². The van der Waals surface area contributed by atoms with Crippen molar-refractivity contribution in [2.45, 2.75) is 45.6 Å². The molecule has 0 radical (unpaired) electrons. The van der Waals surface area contributed by atoms with Crippen LogP contribution in [-0.2, 0) is 13.0 Å². The molecule has 1 aromatic carbocycles. The lowest BCUT2D eigenvalue weighted by Crippen LogP contribution is -2.40. The van der Waals surface area contributed by atoms with E-state index in [2.05, 4.69) is 21.3 Å². The van der Waals surface area contributed by atoms with Crippen LogP contribution in [0.25, 0.3) is 0 Å². The minimum atomic E-state index is -0.159. The molecule has 0 atom stereocenters. The topological polar surface area (TPSA) is 85.2 Å². The van der Waals surface area contributed by atoms with E-state index in [-0.39, 0.29) is 6.03 Å². The quantitative estimate of drug-likeness (QED) is 0.846. The van der Waals surface area contributed by atoms with E-state index in [1.54, 1.807) is 29.2 Å². The molecule has 1 aromatic heterocycles. The Hall–Kier alpha value is -3.14. The normalized spacial score (nSPS) is 16.6. The number of nitrogens with one attached hydrogen (secondary N) is 1. The van der Waals surface area contributed by atoms with Gasteiger partial charge in [0.1, 0.15) is 11.6 Å². The maximum Gasteiger partial charge on any atom is 0.322 e. The van der Waals surface area contributed by atoms with Gasteiger partial charge in [-0.05, 0) is 38.0 Å². The van der Waals surface area contributed by atoms with Crippen LogP contribution >= 0.6 is 0 Å². The number of aromatic nitrogens is 2. The number of rotatable bonds is 2. The lowest BCUT2D eigenvalue weighted by atomic mass is 10.1. The van der Waals surface area contributed by atoms with Crippen molar-refractivity contribution >= 4 is 17.5 Å². The van der Waals surface area contributed by atoms with Crippen LogP contribution in [0.3, 0.4) is 0 Å². The van der Waals surface area contributed by atoms with Gasteiger partial charge < -0.3 is 15.1 Å². The number of fused-ring (bicyclic) bond motifs is 1. The zero-order valence-electron chi connectivity index (χ0n) is 16.8. The first-order valence-corrected chi connectivity index (χ1v) is 10.3. The molecule has 7 nitrogen and oxygen atoms in total. The first-order valence-electron chi connectivity index (χ1n) is 10.3. The first-order chi connectivity index (χ1) is 14.1. The van der Waals surface area contributed by atoms with Crippen molar-refractivity contribution in [3.63, 3.8) is 0 Å². The van der Waals surface area contributed by atoms with Crippen LogP contribution in [0.1, 0.15) is 48.3 Å². The highest BCUT2D eigenvalue weighted by Crippen LogP contribution is 2.29. The molecule has 4 rings (SSSR count). The maximum atomic E-state index is 12.9. The van der Waals surface area contributed by atoms with E-state index in [0.29, 0.717) is 24.3 Å². The molecule has 7 heteroatoms. The Morgan fingerprint density at radius 1 is 1.14 bits per heavy atom. The summed E-state index contributed by atoms with van der Waals surface area (Å²) in [7, 11) is 0. The van der Waals surface area contributed by atoms with Crippen molar-refractivity contribution in [1.29, 1.82) is 5.26 Å². The van der Waals surface area contributed by atoms with Crippen LogP contribution in [0.4, 0.5) is 16.3 Å². The second-order valence-corrected chi connectivity index (χ2v) is 7.72. The van der Waals surface area contributed by atoms with Crippen molar-refractivity contribution in [3.05, 3.63) is 46.9 Å². The smallest absolute Gasteiger partial charge is 0.322 e. The molecule has 0 bridgehead atoms. The van der Waals surface area contributed by atoms with E-state index in [0.717, 1.165) is 42.4 Å². The molecular weight excluding hydrogens is 364 g/mol. The molecule has 2 amide bonds. The SMILES string of the molecule is Cc1nc2c(c(N3CCCCCC3)n1)CN(C(=O)Nc1cccc(C#N)c1)CC2. The molecule has 0 aliphatic carbocycles. The molecule has 2 aliphatic heterocycles. The summed E-state index contributed by atoms with van der Waals surface area (Å²) in [6.45, 7) is 5.09. The lowest BCUT2D eigenvalue weighted by molar-refractivity contribution is 0.206. The lowest BCUT2D eigenvalue weighted by Gasteiger charge is -2.32. The van der Waals surface area contributed by atoms with E-state index >= 15 is 0 Å². The van der Waals surface area contributed by atoms with E-state index in [4.69, 9.17) is 10.2 Å². The highest BCUT2D eigenvalue weighted by atomic mass is 16.2. The van der Waals surface area contributed by atoms with Crippen LogP contribution < -0.4 is 10.2 Å². The second-order valence-electron chi connectivity index (χ2n) is 7.72. The number of nitriles is 1. The minimum Gasteiger partial charge on any atom is -0.356 e. The standard InChI is InChI=1S/C22H26N6O/c1-16-24-20-9-12-28(22(29)26-18-8-6-7-17(13-18)14-23)15-19(20)21(25-16)27-10-4-2-3-5-11-27/h6-8,13H,2-5,9-12,15H2,1H3,(H,26,29). The highest BCUT2D eigenvalue weighted by molar-refractivity contribution is 5.89. The van der Waals surface area contributed by atoms with Gasteiger partial charge in [0.2, 0.25) is 0 Å². The molecule has 0 unspecified atom stereocenters. The Kier molecular flexibility index (Phi) is 5.61. The van der Waals surface area contributed by atoms with Crippen molar-refractivity contribution in [2.24, 2.45) is 0 Å². The fraction of sp³-hybridized carbons (Fsp3) is 0.455. The number of hydrogen-bond donors (Lipinski definition) is 1. The Morgan fingerprint density at radius 3 is 2.69 bits per heavy atom. The van der Waals surface area contributed by atoms with Crippen molar-refractivity contribution in [3.8, 4) is 6.07 Å². The van der Waals surface area contributed by atoms with Gasteiger partial charge in [-0.2, -0.15) is 5.26 Å². The minimum absolute atomic E-state index is 0.159. The average molecular weight is 390 g/mol. The van der Waals surface area contributed by atoms with Gasteiger partial charge in [-0.1, -0.05) is 18.9 Å². The molecule has 2 aromatic rings. The largest absolute Gasteiger partial charge is 0.356 e. The van der Waals surface area contributed by atoms with Crippen LogP contribution in [0, 0.1) is 18.3 Å². The van der Waals surface area contributed by atoms with Crippen LogP contribution in [-0.4, -0.2) is 40.5 Å². The molecule has 29 heavy (non-hydrogen) atoms. The van der Waals surface area contributed by atoms with Gasteiger partial charge in [0.05, 0.1) is 23.9 Å². The number of carbonyl (C=O) groups is 1. The van der Waals surface area contributed by atoms with Gasteiger partial charge >= 0.3 is 6.03 Å². The third-order valence-corrected chi connectivity index (χ3v) is 5.59. The van der Waals surface area contributed by atoms with Gasteiger partial charge in [-0.15, -0.1) is 0 Å². The highest BCUT2D eigenvalue weighted by Gasteiger charge is 2.27. The summed E-state index contributed by atoms with van der Waals surface area (Å²) in [4.78, 5) is 26.5. The Balaban J connectivity index is 1.55. The Morgan fingerprint density at radius 2 is 1.93 bits per heavy atom.